The predicted molar refractivity (Wildman–Crippen MR) is 289 cm³/mol. The Morgan fingerprint density at radius 3 is 2.07 bits per heavy atom. The predicted octanol–water partition coefficient (Wildman–Crippen LogP) is 7.07. The minimum absolute atomic E-state index is 0. The number of likely N-dealkylation sites (tertiary alicyclic amines) is 3. The standard InChI is InChI=1S/C59H67N5O9.H2S/c65-52-20-18-50(51-19-21-54(67)61-55(51)52)53(66)37-60-29-22-41-14-16-45(17-15-41)56(68)64-34-27-46(28-35-64)57(69)63-32-25-44(26-33-63)39-72-49-13-7-12-48(36-49)59(71,47-10-5-2-6-11-47)58(70)73-40-43-23-30-62(31-24-43)38-42-8-3-1-4-9-42;/h1-21,36,43-44,46,53,60,65-66,71H,22-35,37-40H2,(H,61,67);1H2/t53-,59-;/m0./s1. The molecule has 0 saturated carbocycles. The van der Waals surface area contributed by atoms with Crippen LogP contribution >= 0.6 is 13.5 Å². The topological polar surface area (TPSA) is 185 Å². The molecule has 4 heterocycles. The van der Waals surface area contributed by atoms with Crippen LogP contribution in [0, 0.1) is 17.8 Å². The van der Waals surface area contributed by atoms with E-state index in [1.807, 2.05) is 52.3 Å². The van der Waals surface area contributed by atoms with Gasteiger partial charge < -0.3 is 44.9 Å². The second-order valence-electron chi connectivity index (χ2n) is 20.0. The van der Waals surface area contributed by atoms with E-state index in [2.05, 4.69) is 39.5 Å². The van der Waals surface area contributed by atoms with Crippen LogP contribution in [0.1, 0.15) is 82.8 Å². The molecule has 3 aliphatic rings. The molecule has 3 saturated heterocycles. The number of hydrogen-bond donors (Lipinski definition) is 5. The number of nitrogens with zero attached hydrogens (tertiary/aromatic N) is 3. The first-order valence-corrected chi connectivity index (χ1v) is 25.9. The van der Waals surface area contributed by atoms with E-state index in [1.54, 1.807) is 54.6 Å². The lowest BCUT2D eigenvalue weighted by molar-refractivity contribution is -0.164. The minimum atomic E-state index is -2.02. The third-order valence-electron chi connectivity index (χ3n) is 15.1. The van der Waals surface area contributed by atoms with Crippen molar-refractivity contribution in [1.82, 2.24) is 25.0 Å². The number of aliphatic hydroxyl groups is 2. The number of carbonyl (C=O) groups is 3. The van der Waals surface area contributed by atoms with Crippen molar-refractivity contribution in [2.24, 2.45) is 17.8 Å². The normalized spacial score (nSPS) is 17.3. The molecule has 6 aromatic rings. The highest BCUT2D eigenvalue weighted by Crippen LogP contribution is 2.35. The Hall–Kier alpha value is -6.49. The second-order valence-corrected chi connectivity index (χ2v) is 20.0. The fourth-order valence-electron chi connectivity index (χ4n) is 10.6. The van der Waals surface area contributed by atoms with Crippen molar-refractivity contribution >= 4 is 42.2 Å². The molecular weight excluding hydrogens is 955 g/mol. The summed E-state index contributed by atoms with van der Waals surface area (Å²) in [6.07, 6.45) is 4.49. The van der Waals surface area contributed by atoms with Crippen LogP contribution in [0.15, 0.2) is 138 Å². The van der Waals surface area contributed by atoms with Gasteiger partial charge in [-0.05, 0) is 135 Å². The smallest absolute Gasteiger partial charge is 0.347 e. The fourth-order valence-corrected chi connectivity index (χ4v) is 10.6. The number of fused-ring (bicyclic) bond motifs is 1. The van der Waals surface area contributed by atoms with Gasteiger partial charge in [-0.1, -0.05) is 91.0 Å². The maximum Gasteiger partial charge on any atom is 0.347 e. The van der Waals surface area contributed by atoms with Gasteiger partial charge in [0, 0.05) is 67.8 Å². The van der Waals surface area contributed by atoms with E-state index in [0.717, 1.165) is 50.9 Å². The van der Waals surface area contributed by atoms with Gasteiger partial charge in [-0.3, -0.25) is 19.3 Å². The molecule has 3 fully saturated rings. The first kappa shape index (κ1) is 53.8. The average molecular weight is 1020 g/mol. The molecular formula is C59H69N5O9S. The number of pyridine rings is 1. The van der Waals surface area contributed by atoms with Crippen LogP contribution in [0.4, 0.5) is 0 Å². The summed E-state index contributed by atoms with van der Waals surface area (Å²) in [6, 6.07) is 40.1. The molecule has 0 spiro atoms. The molecule has 14 nitrogen and oxygen atoms in total. The third kappa shape index (κ3) is 13.1. The molecule has 0 bridgehead atoms. The molecule has 74 heavy (non-hydrogen) atoms. The van der Waals surface area contributed by atoms with Crippen molar-refractivity contribution < 1.29 is 39.2 Å². The molecule has 0 aliphatic carbocycles. The Bertz CT molecular complexity index is 2860. The summed E-state index contributed by atoms with van der Waals surface area (Å²) < 4.78 is 12.3. The van der Waals surface area contributed by atoms with Gasteiger partial charge in [-0.2, -0.15) is 13.5 Å². The molecule has 5 aromatic carbocycles. The van der Waals surface area contributed by atoms with Crippen molar-refractivity contribution in [2.45, 2.75) is 63.2 Å². The van der Waals surface area contributed by atoms with Crippen molar-refractivity contribution in [2.75, 3.05) is 65.6 Å². The number of piperidine rings is 3. The average Bonchev–Trinajstić information content (AvgIpc) is 3.44. The number of aromatic nitrogens is 1. The lowest BCUT2D eigenvalue weighted by Crippen LogP contribution is -2.47. The van der Waals surface area contributed by atoms with Crippen LogP contribution in [0.2, 0.25) is 0 Å². The summed E-state index contributed by atoms with van der Waals surface area (Å²) >= 11 is 0. The van der Waals surface area contributed by atoms with Crippen LogP contribution in [0.25, 0.3) is 10.9 Å². The molecule has 0 unspecified atom stereocenters. The van der Waals surface area contributed by atoms with E-state index < -0.39 is 17.7 Å². The Kier molecular flexibility index (Phi) is 18.3. The Morgan fingerprint density at radius 1 is 0.703 bits per heavy atom. The SMILES string of the molecule is O=C(c1ccc(CCNC[C@H](O)c2ccc(O)c3[nH]c(=O)ccc23)cc1)N1CCC(C(=O)N2CCC(COc3cccc([C@](O)(C(=O)OCC4CCN(Cc5ccccc5)CC4)c4ccccc4)c3)CC2)CC1.S. The van der Waals surface area contributed by atoms with E-state index >= 15 is 0 Å². The van der Waals surface area contributed by atoms with E-state index in [9.17, 15) is 34.5 Å². The Balaban J connectivity index is 0.00000729. The fraction of sp³-hybridized carbons (Fsp3) is 0.390. The Labute approximate surface area is 439 Å². The number of phenolic OH excluding ortho intramolecular Hbond substituents is 1. The lowest BCUT2D eigenvalue weighted by Gasteiger charge is -2.37. The molecule has 0 radical (unpaired) electrons. The molecule has 2 atom stereocenters. The van der Waals surface area contributed by atoms with E-state index in [4.69, 9.17) is 9.47 Å². The number of esters is 1. The summed E-state index contributed by atoms with van der Waals surface area (Å²) in [5.41, 5.74) is 2.29. The highest BCUT2D eigenvalue weighted by molar-refractivity contribution is 7.59. The lowest BCUT2D eigenvalue weighted by atomic mass is 9.86. The van der Waals surface area contributed by atoms with Crippen molar-refractivity contribution in [3.8, 4) is 11.5 Å². The molecule has 3 aliphatic heterocycles. The van der Waals surface area contributed by atoms with Crippen molar-refractivity contribution in [1.29, 1.82) is 0 Å². The number of aliphatic hydroxyl groups excluding tert-OH is 1. The molecule has 5 N–H and O–H groups in total. The van der Waals surface area contributed by atoms with Gasteiger partial charge in [0.1, 0.15) is 11.5 Å². The number of benzene rings is 5. The zero-order chi connectivity index (χ0) is 50.7. The number of H-pyrrole nitrogens is 1. The number of nitrogens with one attached hydrogen (secondary N) is 2. The number of carbonyl (C=O) groups excluding carboxylic acids is 3. The monoisotopic (exact) mass is 1020 g/mol. The van der Waals surface area contributed by atoms with Gasteiger partial charge in [0.15, 0.2) is 0 Å². The zero-order valence-electron chi connectivity index (χ0n) is 41.9. The number of aromatic hydroxyl groups is 1. The van der Waals surface area contributed by atoms with E-state index in [0.29, 0.717) is 97.5 Å². The maximum absolute atomic E-state index is 14.0. The number of amides is 2. The van der Waals surface area contributed by atoms with Crippen molar-refractivity contribution in [3.05, 3.63) is 177 Å². The van der Waals surface area contributed by atoms with Gasteiger partial charge in [0.2, 0.25) is 17.1 Å². The second kappa shape index (κ2) is 25.2. The number of rotatable bonds is 18. The first-order chi connectivity index (χ1) is 35.5. The van der Waals surface area contributed by atoms with Gasteiger partial charge in [0.05, 0.1) is 24.8 Å². The summed E-state index contributed by atoms with van der Waals surface area (Å²) in [7, 11) is 0. The third-order valence-corrected chi connectivity index (χ3v) is 15.1. The zero-order valence-corrected chi connectivity index (χ0v) is 42.9. The van der Waals surface area contributed by atoms with Crippen LogP contribution in [0.5, 0.6) is 11.5 Å². The molecule has 1 aromatic heterocycles. The van der Waals surface area contributed by atoms with Gasteiger partial charge in [-0.25, -0.2) is 4.79 Å². The van der Waals surface area contributed by atoms with Crippen LogP contribution in [-0.2, 0) is 32.9 Å². The van der Waals surface area contributed by atoms with Crippen LogP contribution in [-0.4, -0.2) is 118 Å². The summed E-state index contributed by atoms with van der Waals surface area (Å²) in [5.74, 6) is 0.210. The summed E-state index contributed by atoms with van der Waals surface area (Å²) in [4.78, 5) is 61.8. The summed E-state index contributed by atoms with van der Waals surface area (Å²) in [5, 5.41) is 37.2. The van der Waals surface area contributed by atoms with Gasteiger partial charge in [-0.15, -0.1) is 0 Å². The Morgan fingerprint density at radius 2 is 1.35 bits per heavy atom. The van der Waals surface area contributed by atoms with E-state index in [-0.39, 0.29) is 67.5 Å². The highest BCUT2D eigenvalue weighted by atomic mass is 32.1. The number of ether oxygens (including phenoxy) is 2. The minimum Gasteiger partial charge on any atom is -0.506 e. The maximum atomic E-state index is 14.0. The van der Waals surface area contributed by atoms with Gasteiger partial charge >= 0.3 is 5.97 Å². The largest absolute Gasteiger partial charge is 0.506 e. The summed E-state index contributed by atoms with van der Waals surface area (Å²) in [6.45, 7) is 6.61. The number of aromatic amines is 1. The molecule has 2 amide bonds. The number of hydrogen-bond acceptors (Lipinski definition) is 11. The molecule has 9 rings (SSSR count). The van der Waals surface area contributed by atoms with Gasteiger partial charge in [0.25, 0.3) is 5.91 Å². The molecule has 390 valence electrons. The first-order valence-electron chi connectivity index (χ1n) is 25.9. The van der Waals surface area contributed by atoms with Crippen LogP contribution < -0.4 is 15.6 Å². The quantitative estimate of drug-likeness (QED) is 0.0438. The van der Waals surface area contributed by atoms with Crippen molar-refractivity contribution in [3.63, 3.8) is 0 Å². The number of phenols is 1. The van der Waals surface area contributed by atoms with E-state index in [1.165, 1.54) is 17.7 Å². The molecule has 15 heteroatoms. The highest BCUT2D eigenvalue weighted by Gasteiger charge is 2.42. The van der Waals surface area contributed by atoms with Crippen LogP contribution in [0.3, 0.4) is 0 Å².